The van der Waals surface area contributed by atoms with Crippen molar-refractivity contribution in [2.24, 2.45) is 5.41 Å². The van der Waals surface area contributed by atoms with Crippen LogP contribution in [-0.4, -0.2) is 61.0 Å². The van der Waals surface area contributed by atoms with Crippen molar-refractivity contribution in [3.8, 4) is 0 Å². The lowest BCUT2D eigenvalue weighted by Gasteiger charge is -2.43. The molecular weight excluding hydrogens is 262 g/mol. The van der Waals surface area contributed by atoms with Crippen molar-refractivity contribution < 1.29 is 4.79 Å². The van der Waals surface area contributed by atoms with Crippen LogP contribution in [0, 0.1) is 5.41 Å². The summed E-state index contributed by atoms with van der Waals surface area (Å²) in [5, 5.41) is 3.44. The number of carbonyl (C=O) groups is 1. The summed E-state index contributed by atoms with van der Waals surface area (Å²) in [5.41, 5.74) is -0.112. The standard InChI is InChI=1S/C17H31N3O/c1-2-17(8-5-9-18-14-17)16(21)20-12-6-15(7-13-20)19-10-3-4-11-19/h15,18H,2-14H2,1H3. The first-order valence-electron chi connectivity index (χ1n) is 8.99. The van der Waals surface area contributed by atoms with Gasteiger partial charge in [-0.15, -0.1) is 0 Å². The molecule has 0 aromatic carbocycles. The molecule has 1 unspecified atom stereocenters. The van der Waals surface area contributed by atoms with Crippen LogP contribution in [0.5, 0.6) is 0 Å². The van der Waals surface area contributed by atoms with Gasteiger partial charge in [-0.2, -0.15) is 0 Å². The average Bonchev–Trinajstić information content (AvgIpc) is 3.09. The van der Waals surface area contributed by atoms with E-state index in [-0.39, 0.29) is 5.41 Å². The van der Waals surface area contributed by atoms with E-state index in [9.17, 15) is 4.79 Å². The van der Waals surface area contributed by atoms with Gasteiger partial charge in [-0.1, -0.05) is 6.92 Å². The van der Waals surface area contributed by atoms with Gasteiger partial charge in [0.1, 0.15) is 0 Å². The summed E-state index contributed by atoms with van der Waals surface area (Å²) in [6, 6.07) is 0.735. The summed E-state index contributed by atoms with van der Waals surface area (Å²) < 4.78 is 0. The summed E-state index contributed by atoms with van der Waals surface area (Å²) in [6.07, 6.45) is 8.28. The van der Waals surface area contributed by atoms with Crippen molar-refractivity contribution in [2.75, 3.05) is 39.3 Å². The van der Waals surface area contributed by atoms with Crippen molar-refractivity contribution in [2.45, 2.75) is 57.9 Å². The molecule has 3 saturated heterocycles. The fourth-order valence-corrected chi connectivity index (χ4v) is 4.48. The van der Waals surface area contributed by atoms with E-state index in [1.54, 1.807) is 0 Å². The highest BCUT2D eigenvalue weighted by Crippen LogP contribution is 2.33. The van der Waals surface area contributed by atoms with Gasteiger partial charge in [0, 0.05) is 25.7 Å². The molecule has 0 aromatic rings. The fourth-order valence-electron chi connectivity index (χ4n) is 4.48. The van der Waals surface area contributed by atoms with E-state index in [0.29, 0.717) is 5.91 Å². The Morgan fingerprint density at radius 1 is 1.14 bits per heavy atom. The number of nitrogens with one attached hydrogen (secondary N) is 1. The minimum Gasteiger partial charge on any atom is -0.342 e. The maximum absolute atomic E-state index is 13.0. The Balaban J connectivity index is 1.56. The molecule has 21 heavy (non-hydrogen) atoms. The summed E-state index contributed by atoms with van der Waals surface area (Å²) in [5.74, 6) is 0.428. The average molecular weight is 293 g/mol. The molecule has 3 rings (SSSR count). The highest BCUT2D eigenvalue weighted by molar-refractivity contribution is 5.83. The summed E-state index contributed by atoms with van der Waals surface area (Å²) in [6.45, 7) is 8.65. The molecule has 4 heteroatoms. The third kappa shape index (κ3) is 3.11. The van der Waals surface area contributed by atoms with E-state index in [1.165, 1.54) is 38.8 Å². The smallest absolute Gasteiger partial charge is 0.230 e. The first-order valence-corrected chi connectivity index (χ1v) is 8.99. The monoisotopic (exact) mass is 293 g/mol. The number of nitrogens with zero attached hydrogens (tertiary/aromatic N) is 2. The van der Waals surface area contributed by atoms with Crippen molar-refractivity contribution in [3.63, 3.8) is 0 Å². The maximum Gasteiger partial charge on any atom is 0.230 e. The van der Waals surface area contributed by atoms with Crippen molar-refractivity contribution >= 4 is 5.91 Å². The van der Waals surface area contributed by atoms with Gasteiger partial charge in [0.25, 0.3) is 0 Å². The van der Waals surface area contributed by atoms with Gasteiger partial charge in [-0.25, -0.2) is 0 Å². The first kappa shape index (κ1) is 15.3. The van der Waals surface area contributed by atoms with Crippen LogP contribution in [0.25, 0.3) is 0 Å². The van der Waals surface area contributed by atoms with Crippen LogP contribution >= 0.6 is 0 Å². The van der Waals surface area contributed by atoms with E-state index < -0.39 is 0 Å². The van der Waals surface area contributed by atoms with Crippen LogP contribution in [0.3, 0.4) is 0 Å². The van der Waals surface area contributed by atoms with Gasteiger partial charge < -0.3 is 15.1 Å². The van der Waals surface area contributed by atoms with E-state index in [4.69, 9.17) is 0 Å². The maximum atomic E-state index is 13.0. The van der Waals surface area contributed by atoms with Gasteiger partial charge in [0.05, 0.1) is 5.41 Å². The Hall–Kier alpha value is -0.610. The third-order valence-electron chi connectivity index (χ3n) is 6.01. The zero-order chi connectivity index (χ0) is 14.7. The number of hydrogen-bond donors (Lipinski definition) is 1. The second kappa shape index (κ2) is 6.66. The molecule has 120 valence electrons. The van der Waals surface area contributed by atoms with Crippen LogP contribution in [0.1, 0.15) is 51.9 Å². The third-order valence-corrected chi connectivity index (χ3v) is 6.01. The van der Waals surface area contributed by atoms with Crippen LogP contribution < -0.4 is 5.32 Å². The minimum atomic E-state index is -0.112. The van der Waals surface area contributed by atoms with Crippen LogP contribution in [-0.2, 0) is 4.79 Å². The van der Waals surface area contributed by atoms with E-state index in [1.807, 2.05) is 0 Å². The number of hydrogen-bond acceptors (Lipinski definition) is 3. The molecule has 3 heterocycles. The van der Waals surface area contributed by atoms with Crippen LogP contribution in [0.15, 0.2) is 0 Å². The zero-order valence-electron chi connectivity index (χ0n) is 13.6. The highest BCUT2D eigenvalue weighted by Gasteiger charge is 2.41. The number of piperidine rings is 2. The highest BCUT2D eigenvalue weighted by atomic mass is 16.2. The van der Waals surface area contributed by atoms with E-state index >= 15 is 0 Å². The molecule has 0 spiro atoms. The lowest BCUT2D eigenvalue weighted by Crippen LogP contribution is -2.54. The molecular formula is C17H31N3O. The van der Waals surface area contributed by atoms with Gasteiger partial charge >= 0.3 is 0 Å². The summed E-state index contributed by atoms with van der Waals surface area (Å²) in [7, 11) is 0. The van der Waals surface area contributed by atoms with Gasteiger partial charge in [0.15, 0.2) is 0 Å². The summed E-state index contributed by atoms with van der Waals surface area (Å²) >= 11 is 0. The number of amides is 1. The van der Waals surface area contributed by atoms with Crippen LogP contribution in [0.4, 0.5) is 0 Å². The lowest BCUT2D eigenvalue weighted by atomic mass is 9.76. The van der Waals surface area contributed by atoms with E-state index in [0.717, 1.165) is 51.5 Å². The molecule has 1 N–H and O–H groups in total. The van der Waals surface area contributed by atoms with Gasteiger partial charge in [0.2, 0.25) is 5.91 Å². The van der Waals surface area contributed by atoms with Gasteiger partial charge in [-0.05, 0) is 64.6 Å². The molecule has 3 fully saturated rings. The Kier molecular flexibility index (Phi) is 4.85. The lowest BCUT2D eigenvalue weighted by molar-refractivity contribution is -0.145. The Bertz CT molecular complexity index is 351. The van der Waals surface area contributed by atoms with E-state index in [2.05, 4.69) is 22.0 Å². The molecule has 4 nitrogen and oxygen atoms in total. The predicted octanol–water partition coefficient (Wildman–Crippen LogP) is 1.85. The Morgan fingerprint density at radius 2 is 1.86 bits per heavy atom. The molecule has 0 saturated carbocycles. The fraction of sp³-hybridized carbons (Fsp3) is 0.941. The van der Waals surface area contributed by atoms with Crippen molar-refractivity contribution in [1.29, 1.82) is 0 Å². The molecule has 0 aromatic heterocycles. The molecule has 0 bridgehead atoms. The quantitative estimate of drug-likeness (QED) is 0.862. The molecule has 1 atom stereocenters. The summed E-state index contributed by atoms with van der Waals surface area (Å²) in [4.78, 5) is 17.8. The van der Waals surface area contributed by atoms with Crippen molar-refractivity contribution in [3.05, 3.63) is 0 Å². The minimum absolute atomic E-state index is 0.112. The van der Waals surface area contributed by atoms with Crippen molar-refractivity contribution in [1.82, 2.24) is 15.1 Å². The molecule has 0 aliphatic carbocycles. The largest absolute Gasteiger partial charge is 0.342 e. The molecule has 3 aliphatic rings. The molecule has 3 aliphatic heterocycles. The second-order valence-electron chi connectivity index (χ2n) is 7.18. The SMILES string of the molecule is CCC1(C(=O)N2CCC(N3CCCC3)CC2)CCCNC1. The predicted molar refractivity (Wildman–Crippen MR) is 85.2 cm³/mol. The van der Waals surface area contributed by atoms with Gasteiger partial charge in [-0.3, -0.25) is 4.79 Å². The Labute approximate surface area is 129 Å². The van der Waals surface area contributed by atoms with Crippen LogP contribution in [0.2, 0.25) is 0 Å². The normalized spacial score (nSPS) is 32.5. The first-order chi connectivity index (χ1) is 10.2. The molecule has 0 radical (unpaired) electrons. The molecule has 1 amide bonds. The number of carbonyl (C=O) groups excluding carboxylic acids is 1. The topological polar surface area (TPSA) is 35.6 Å². The second-order valence-corrected chi connectivity index (χ2v) is 7.18. The number of rotatable bonds is 3. The Morgan fingerprint density at radius 3 is 2.43 bits per heavy atom. The number of likely N-dealkylation sites (tertiary alicyclic amines) is 2. The zero-order valence-corrected chi connectivity index (χ0v) is 13.6.